The van der Waals surface area contributed by atoms with Gasteiger partial charge in [-0.05, 0) is 17.7 Å². The first-order valence-corrected chi connectivity index (χ1v) is 5.68. The van der Waals surface area contributed by atoms with E-state index in [1.54, 1.807) is 18.2 Å². The molecule has 4 heteroatoms. The van der Waals surface area contributed by atoms with Gasteiger partial charge in [0.1, 0.15) is 11.0 Å². The van der Waals surface area contributed by atoms with E-state index in [9.17, 15) is 9.70 Å². The lowest BCUT2D eigenvalue weighted by molar-refractivity contribution is -0.499. The first kappa shape index (κ1) is 10.7. The van der Waals surface area contributed by atoms with Gasteiger partial charge in [0.2, 0.25) is 0 Å². The van der Waals surface area contributed by atoms with Crippen LogP contribution in [0, 0.1) is 4.91 Å². The van der Waals surface area contributed by atoms with E-state index in [2.05, 4.69) is 0 Å². The van der Waals surface area contributed by atoms with E-state index in [0.29, 0.717) is 11.3 Å². The zero-order valence-electron chi connectivity index (χ0n) is 9.54. The van der Waals surface area contributed by atoms with Crippen molar-refractivity contribution in [3.8, 4) is 0 Å². The molecule has 1 heterocycles. The molecule has 1 N–H and O–H groups in total. The molecule has 4 nitrogen and oxygen atoms in total. The number of hydrazine groups is 1. The van der Waals surface area contributed by atoms with Crippen molar-refractivity contribution in [2.75, 3.05) is 5.01 Å². The Kier molecular flexibility index (Phi) is 2.41. The summed E-state index contributed by atoms with van der Waals surface area (Å²) in [5.74, 6) is -0.0554. The first-order chi connectivity index (χ1) is 8.83. The summed E-state index contributed by atoms with van der Waals surface area (Å²) in [6.07, 6.45) is 0. The summed E-state index contributed by atoms with van der Waals surface area (Å²) in [6, 6.07) is 15.8. The predicted molar refractivity (Wildman–Crippen MR) is 66.8 cm³/mol. The van der Waals surface area contributed by atoms with Gasteiger partial charge in [-0.1, -0.05) is 47.5 Å². The lowest BCUT2D eigenvalue weighted by atomic mass is 10.0. The molecule has 1 atom stereocenters. The Bertz CT molecular complexity index is 610. The van der Waals surface area contributed by atoms with Gasteiger partial charge in [0.15, 0.2) is 11.8 Å². The molecule has 2 aromatic rings. The van der Waals surface area contributed by atoms with Crippen molar-refractivity contribution >= 4 is 11.5 Å². The van der Waals surface area contributed by atoms with Gasteiger partial charge in [-0.3, -0.25) is 4.79 Å². The van der Waals surface area contributed by atoms with Gasteiger partial charge in [-0.25, -0.2) is 0 Å². The molecule has 0 aromatic heterocycles. The molecule has 88 valence electrons. The third-order valence-corrected chi connectivity index (χ3v) is 3.15. The van der Waals surface area contributed by atoms with Crippen molar-refractivity contribution in [1.29, 1.82) is 0 Å². The molecule has 0 saturated heterocycles. The van der Waals surface area contributed by atoms with Crippen molar-refractivity contribution in [1.82, 2.24) is 0 Å². The summed E-state index contributed by atoms with van der Waals surface area (Å²) in [4.78, 5) is 23.5. The lowest BCUT2D eigenvalue weighted by Gasteiger charge is -2.12. The standard InChI is InChI=1S/C14H10N2O2/c17-14-11-8-4-5-9-12(11)16(15-18)13(14)10-6-2-1-3-7-10/h1-9,13H/p+1/t13-/m1/s1. The monoisotopic (exact) mass is 239 g/mol. The highest BCUT2D eigenvalue weighted by Gasteiger charge is 2.42. The summed E-state index contributed by atoms with van der Waals surface area (Å²) in [5, 5.41) is 3.23. The first-order valence-electron chi connectivity index (χ1n) is 5.68. The van der Waals surface area contributed by atoms with Gasteiger partial charge < -0.3 is 0 Å². The van der Waals surface area contributed by atoms with Crippen LogP contribution < -0.4 is 10.3 Å². The van der Waals surface area contributed by atoms with Crippen LogP contribution in [-0.2, 0) is 0 Å². The fraction of sp³-hybridized carbons (Fsp3) is 0.0714. The van der Waals surface area contributed by atoms with Crippen LogP contribution in [0.2, 0.25) is 0 Å². The van der Waals surface area contributed by atoms with Crippen LogP contribution in [-0.4, -0.2) is 5.78 Å². The van der Waals surface area contributed by atoms with Gasteiger partial charge in [-0.15, -0.1) is 0 Å². The van der Waals surface area contributed by atoms with E-state index in [4.69, 9.17) is 0 Å². The maximum Gasteiger partial charge on any atom is 0.198 e. The highest BCUT2D eigenvalue weighted by molar-refractivity contribution is 6.10. The minimum Gasteiger partial charge on any atom is -0.291 e. The van der Waals surface area contributed by atoms with E-state index in [1.165, 1.54) is 5.01 Å². The normalized spacial score (nSPS) is 17.7. The average Bonchev–Trinajstić information content (AvgIpc) is 2.73. The second-order valence-electron chi connectivity index (χ2n) is 4.16. The summed E-state index contributed by atoms with van der Waals surface area (Å²) in [7, 11) is 0. The number of carbonyl (C=O) groups is 1. The summed E-state index contributed by atoms with van der Waals surface area (Å²) in [6.45, 7) is 0. The number of ketones is 1. The van der Waals surface area contributed by atoms with Crippen LogP contribution in [0.5, 0.6) is 0 Å². The van der Waals surface area contributed by atoms with Crippen molar-refractivity contribution < 1.29 is 10.1 Å². The fourth-order valence-corrected chi connectivity index (χ4v) is 2.33. The molecule has 0 saturated carbocycles. The number of carbonyl (C=O) groups excluding carboxylic acids is 1. The summed E-state index contributed by atoms with van der Waals surface area (Å²) < 4.78 is 0. The zero-order chi connectivity index (χ0) is 12.5. The Morgan fingerprint density at radius 1 is 0.944 bits per heavy atom. The number of para-hydroxylation sites is 1. The third-order valence-electron chi connectivity index (χ3n) is 3.15. The maximum absolute atomic E-state index is 12.3. The van der Waals surface area contributed by atoms with E-state index < -0.39 is 6.04 Å². The number of hydrogen-bond donors (Lipinski definition) is 1. The van der Waals surface area contributed by atoms with Crippen LogP contribution in [0.1, 0.15) is 22.0 Å². The van der Waals surface area contributed by atoms with Gasteiger partial charge >= 0.3 is 0 Å². The number of Topliss-reactive ketones (excluding diaryl/α,β-unsaturated/α-hetero) is 1. The fourth-order valence-electron chi connectivity index (χ4n) is 2.33. The molecular weight excluding hydrogens is 228 g/mol. The molecule has 0 fully saturated rings. The Morgan fingerprint density at radius 2 is 1.61 bits per heavy atom. The molecule has 0 unspecified atom stereocenters. The Balaban J connectivity index is 2.14. The van der Waals surface area contributed by atoms with E-state index in [0.717, 1.165) is 5.56 Å². The molecule has 3 rings (SSSR count). The highest BCUT2D eigenvalue weighted by atomic mass is 16.3. The van der Waals surface area contributed by atoms with Crippen LogP contribution in [0.3, 0.4) is 0 Å². The lowest BCUT2D eigenvalue weighted by Crippen LogP contribution is -2.78. The quantitative estimate of drug-likeness (QED) is 0.856. The Morgan fingerprint density at radius 3 is 2.33 bits per heavy atom. The molecule has 2 aromatic carbocycles. The second-order valence-corrected chi connectivity index (χ2v) is 4.16. The second kappa shape index (κ2) is 4.07. The van der Waals surface area contributed by atoms with Crippen LogP contribution in [0.4, 0.5) is 5.69 Å². The highest BCUT2D eigenvalue weighted by Crippen LogP contribution is 2.36. The van der Waals surface area contributed by atoms with Crippen LogP contribution >= 0.6 is 0 Å². The molecule has 0 radical (unpaired) electrons. The number of hydrogen-bond acceptors (Lipinski definition) is 2. The van der Waals surface area contributed by atoms with Crippen molar-refractivity contribution in [3.05, 3.63) is 70.6 Å². The van der Waals surface area contributed by atoms with Crippen LogP contribution in [0.25, 0.3) is 0 Å². The van der Waals surface area contributed by atoms with Gasteiger partial charge in [0.05, 0.1) is 0 Å². The molecule has 0 aliphatic carbocycles. The number of anilines is 1. The SMILES string of the molecule is O=[NH+]N1c2ccccc2C(=O)[C@H]1c1ccccc1. The number of nitrogens with one attached hydrogen (secondary N) is 1. The molecule has 0 amide bonds. The van der Waals surface area contributed by atoms with Crippen LogP contribution in [0.15, 0.2) is 54.6 Å². The van der Waals surface area contributed by atoms with Crippen molar-refractivity contribution in [3.63, 3.8) is 0 Å². The van der Waals surface area contributed by atoms with Gasteiger partial charge in [0, 0.05) is 10.5 Å². The number of fused-ring (bicyclic) bond motifs is 1. The number of nitrogens with zero attached hydrogens (tertiary/aromatic N) is 1. The summed E-state index contributed by atoms with van der Waals surface area (Å²) in [5.41, 5.74) is 2.02. The third kappa shape index (κ3) is 1.43. The smallest absolute Gasteiger partial charge is 0.198 e. The van der Waals surface area contributed by atoms with Gasteiger partial charge in [-0.2, -0.15) is 0 Å². The van der Waals surface area contributed by atoms with Crippen molar-refractivity contribution in [2.24, 2.45) is 0 Å². The topological polar surface area (TPSA) is 51.4 Å². The number of rotatable bonds is 2. The molecule has 1 aliphatic heterocycles. The minimum atomic E-state index is -0.582. The Hall–Kier alpha value is -2.49. The molecule has 0 spiro atoms. The Labute approximate surface area is 104 Å². The van der Waals surface area contributed by atoms with E-state index in [1.807, 2.05) is 41.7 Å². The summed E-state index contributed by atoms with van der Waals surface area (Å²) >= 11 is 0. The number of benzene rings is 2. The molecule has 1 aliphatic rings. The predicted octanol–water partition coefficient (Wildman–Crippen LogP) is 1.19. The molecular formula is C14H11N2O2+. The largest absolute Gasteiger partial charge is 0.291 e. The van der Waals surface area contributed by atoms with Crippen molar-refractivity contribution in [2.45, 2.75) is 6.04 Å². The molecule has 0 bridgehead atoms. The number of nitroso groups, excluding NO2 is 1. The van der Waals surface area contributed by atoms with E-state index >= 15 is 0 Å². The van der Waals surface area contributed by atoms with Gasteiger partial charge in [0.25, 0.3) is 0 Å². The zero-order valence-corrected chi connectivity index (χ0v) is 9.54. The minimum absolute atomic E-state index is 0.0554. The molecule has 18 heavy (non-hydrogen) atoms. The maximum atomic E-state index is 12.3. The average molecular weight is 239 g/mol. The van der Waals surface area contributed by atoms with E-state index in [-0.39, 0.29) is 5.78 Å².